The third-order valence-corrected chi connectivity index (χ3v) is 9.48. The van der Waals surface area contributed by atoms with Gasteiger partial charge in [-0.15, -0.1) is 0 Å². The molecule has 1 amide bonds. The minimum Gasteiger partial charge on any atom is -0.425 e. The molecule has 1 fully saturated rings. The first-order valence-electron chi connectivity index (χ1n) is 18.1. The highest BCUT2D eigenvalue weighted by molar-refractivity contribution is 5.71. The summed E-state index contributed by atoms with van der Waals surface area (Å²) in [6.45, 7) is 11.1. The highest BCUT2D eigenvalue weighted by Gasteiger charge is 2.39. The molecule has 1 aliphatic rings. The molecule has 0 aliphatic heterocycles. The van der Waals surface area contributed by atoms with E-state index in [1.807, 2.05) is 17.9 Å². The zero-order valence-corrected chi connectivity index (χ0v) is 28.5. The average Bonchev–Trinajstić information content (AvgIpc) is 3.14. The van der Waals surface area contributed by atoms with Crippen molar-refractivity contribution < 1.29 is 19.1 Å². The summed E-state index contributed by atoms with van der Waals surface area (Å²) in [7, 11) is 0. The normalized spacial score (nSPS) is 21.1. The lowest BCUT2D eigenvalue weighted by molar-refractivity contribution is -0.166. The van der Waals surface area contributed by atoms with Gasteiger partial charge in [-0.3, -0.25) is 4.79 Å². The van der Waals surface area contributed by atoms with Gasteiger partial charge < -0.3 is 14.4 Å². The van der Waals surface area contributed by atoms with Gasteiger partial charge in [0.25, 0.3) is 0 Å². The summed E-state index contributed by atoms with van der Waals surface area (Å²) in [4.78, 5) is 27.7. The first-order chi connectivity index (χ1) is 20.9. The number of carbonyl (C=O) groups is 2. The van der Waals surface area contributed by atoms with Crippen LogP contribution in [0.25, 0.3) is 0 Å². The van der Waals surface area contributed by atoms with Crippen LogP contribution in [0.5, 0.6) is 0 Å². The number of benzene rings is 1. The maximum atomic E-state index is 13.4. The predicted octanol–water partition coefficient (Wildman–Crippen LogP) is 11.2. The molecule has 2 rings (SSSR count). The van der Waals surface area contributed by atoms with Crippen LogP contribution < -0.4 is 0 Å². The first-order valence-corrected chi connectivity index (χ1v) is 18.1. The molecule has 246 valence electrons. The Labute approximate surface area is 264 Å². The number of likely N-dealkylation sites (N-methyl/N-ethyl adjacent to an activating group) is 1. The van der Waals surface area contributed by atoms with Crippen LogP contribution in [0.4, 0.5) is 4.79 Å². The summed E-state index contributed by atoms with van der Waals surface area (Å²) in [5.41, 5.74) is 1.28. The largest absolute Gasteiger partial charge is 0.425 e. The fraction of sp³-hybridized carbons (Fsp3) is 0.789. The molecule has 1 aromatic rings. The molecule has 43 heavy (non-hydrogen) atoms. The second-order valence-electron chi connectivity index (χ2n) is 13.3. The minimum atomic E-state index is -0.888. The molecule has 5 unspecified atom stereocenters. The van der Waals surface area contributed by atoms with E-state index in [4.69, 9.17) is 9.47 Å². The molecule has 0 N–H and O–H groups in total. The van der Waals surface area contributed by atoms with E-state index in [9.17, 15) is 9.59 Å². The quantitative estimate of drug-likeness (QED) is 0.0610. The number of hydrogen-bond donors (Lipinski definition) is 0. The van der Waals surface area contributed by atoms with E-state index in [0.29, 0.717) is 24.8 Å². The van der Waals surface area contributed by atoms with Gasteiger partial charge >= 0.3 is 12.1 Å². The van der Waals surface area contributed by atoms with E-state index >= 15 is 0 Å². The van der Waals surface area contributed by atoms with Gasteiger partial charge in [-0.05, 0) is 43.6 Å². The topological polar surface area (TPSA) is 55.8 Å². The van der Waals surface area contributed by atoms with Gasteiger partial charge in [-0.25, -0.2) is 4.79 Å². The smallest absolute Gasteiger partial charge is 0.413 e. The molecular weight excluding hydrogens is 534 g/mol. The molecule has 1 saturated carbocycles. The number of hydrogen-bond acceptors (Lipinski definition) is 4. The van der Waals surface area contributed by atoms with Gasteiger partial charge in [0.1, 0.15) is 0 Å². The number of carbonyl (C=O) groups excluding carboxylic acids is 2. The SMILES string of the molecule is CCCCCCCCCCCCCCCCCC(=O)OC(C)OC(=O)N(CC)C1C(C)CCC(C)CC1c1ccccc1. The summed E-state index contributed by atoms with van der Waals surface area (Å²) < 4.78 is 11.2. The molecule has 0 spiro atoms. The van der Waals surface area contributed by atoms with E-state index < -0.39 is 6.29 Å². The van der Waals surface area contributed by atoms with Crippen molar-refractivity contribution in [2.75, 3.05) is 6.54 Å². The lowest BCUT2D eigenvalue weighted by Crippen LogP contribution is -2.48. The monoisotopic (exact) mass is 599 g/mol. The molecule has 1 aliphatic carbocycles. The number of nitrogens with zero attached hydrogens (tertiary/aromatic N) is 1. The van der Waals surface area contributed by atoms with Crippen LogP contribution in [0.15, 0.2) is 30.3 Å². The Hall–Kier alpha value is -2.04. The number of unbranched alkanes of at least 4 members (excludes halogenated alkanes) is 14. The number of esters is 1. The lowest BCUT2D eigenvalue weighted by atomic mass is 9.81. The summed E-state index contributed by atoms with van der Waals surface area (Å²) in [6.07, 6.45) is 21.8. The van der Waals surface area contributed by atoms with E-state index in [2.05, 4.69) is 45.0 Å². The minimum absolute atomic E-state index is 0.0491. The maximum absolute atomic E-state index is 13.4. The fourth-order valence-corrected chi connectivity index (χ4v) is 6.94. The van der Waals surface area contributed by atoms with Crippen molar-refractivity contribution in [1.29, 1.82) is 0 Å². The zero-order chi connectivity index (χ0) is 31.3. The van der Waals surface area contributed by atoms with Gasteiger partial charge in [0.15, 0.2) is 0 Å². The average molecular weight is 600 g/mol. The summed E-state index contributed by atoms with van der Waals surface area (Å²) in [5, 5.41) is 0. The summed E-state index contributed by atoms with van der Waals surface area (Å²) >= 11 is 0. The van der Waals surface area contributed by atoms with Crippen LogP contribution in [-0.2, 0) is 14.3 Å². The predicted molar refractivity (Wildman–Crippen MR) is 179 cm³/mol. The van der Waals surface area contributed by atoms with Gasteiger partial charge in [0.2, 0.25) is 6.29 Å². The van der Waals surface area contributed by atoms with Crippen molar-refractivity contribution in [1.82, 2.24) is 4.90 Å². The number of ether oxygens (including phenoxy) is 2. The van der Waals surface area contributed by atoms with E-state index in [1.165, 1.54) is 95.5 Å². The van der Waals surface area contributed by atoms with E-state index in [1.54, 1.807) is 6.92 Å². The molecular formula is C38H65NO4. The Morgan fingerprint density at radius 3 is 1.84 bits per heavy atom. The van der Waals surface area contributed by atoms with Crippen LogP contribution in [-0.4, -0.2) is 35.8 Å². The van der Waals surface area contributed by atoms with E-state index in [-0.39, 0.29) is 24.0 Å². The molecule has 0 aromatic heterocycles. The Morgan fingerprint density at radius 2 is 1.30 bits per heavy atom. The van der Waals surface area contributed by atoms with Crippen molar-refractivity contribution in [3.8, 4) is 0 Å². The Bertz CT molecular complexity index is 859. The number of rotatable bonds is 21. The van der Waals surface area contributed by atoms with Crippen LogP contribution in [0.2, 0.25) is 0 Å². The maximum Gasteiger partial charge on any atom is 0.413 e. The molecule has 5 heteroatoms. The highest BCUT2D eigenvalue weighted by Crippen LogP contribution is 2.40. The highest BCUT2D eigenvalue weighted by atomic mass is 16.7. The fourth-order valence-electron chi connectivity index (χ4n) is 6.94. The number of amides is 1. The van der Waals surface area contributed by atoms with Crippen molar-refractivity contribution in [2.45, 2.75) is 175 Å². The molecule has 5 atom stereocenters. The van der Waals surface area contributed by atoms with Gasteiger partial charge in [-0.2, -0.15) is 0 Å². The Morgan fingerprint density at radius 1 is 0.767 bits per heavy atom. The molecule has 0 saturated heterocycles. The summed E-state index contributed by atoms with van der Waals surface area (Å²) in [5.74, 6) is 0.929. The van der Waals surface area contributed by atoms with Gasteiger partial charge in [-0.1, -0.05) is 147 Å². The third kappa shape index (κ3) is 15.0. The second-order valence-corrected chi connectivity index (χ2v) is 13.3. The zero-order valence-electron chi connectivity index (χ0n) is 28.5. The standard InChI is InChI=1S/C38H65NO4/c1-6-8-9-10-11-12-13-14-15-16-17-18-19-20-24-27-36(40)42-33(5)43-38(41)39(7-2)37-32(4)29-28-31(3)30-35(37)34-25-22-21-23-26-34/h21-23,25-26,31-33,35,37H,6-20,24,27-30H2,1-5H3. The molecule has 5 nitrogen and oxygen atoms in total. The van der Waals surface area contributed by atoms with Crippen molar-refractivity contribution in [3.63, 3.8) is 0 Å². The Balaban J connectivity index is 1.65. The van der Waals surface area contributed by atoms with Gasteiger partial charge in [0.05, 0.1) is 0 Å². The first kappa shape index (κ1) is 37.1. The third-order valence-electron chi connectivity index (χ3n) is 9.48. The van der Waals surface area contributed by atoms with Crippen LogP contribution in [0.3, 0.4) is 0 Å². The molecule has 0 bridgehead atoms. The van der Waals surface area contributed by atoms with Gasteiger partial charge in [0, 0.05) is 31.8 Å². The summed E-state index contributed by atoms with van der Waals surface area (Å²) in [6, 6.07) is 10.6. The Kier molecular flexibility index (Phi) is 19.4. The van der Waals surface area contributed by atoms with Crippen LogP contribution in [0, 0.1) is 11.8 Å². The molecule has 0 heterocycles. The van der Waals surface area contributed by atoms with Crippen molar-refractivity contribution in [3.05, 3.63) is 35.9 Å². The van der Waals surface area contributed by atoms with Crippen LogP contribution in [0.1, 0.15) is 168 Å². The second kappa shape index (κ2) is 22.5. The molecule has 0 radical (unpaired) electrons. The molecule has 1 aromatic carbocycles. The van der Waals surface area contributed by atoms with Crippen molar-refractivity contribution >= 4 is 12.1 Å². The van der Waals surface area contributed by atoms with E-state index in [0.717, 1.165) is 25.7 Å². The lowest BCUT2D eigenvalue weighted by Gasteiger charge is -2.39. The van der Waals surface area contributed by atoms with Crippen molar-refractivity contribution in [2.24, 2.45) is 11.8 Å². The van der Waals surface area contributed by atoms with Crippen LogP contribution >= 0.6 is 0 Å².